The van der Waals surface area contributed by atoms with Crippen molar-refractivity contribution >= 4 is 5.97 Å². The van der Waals surface area contributed by atoms with Crippen molar-refractivity contribution in [1.29, 1.82) is 0 Å². The van der Waals surface area contributed by atoms with Gasteiger partial charge in [-0.05, 0) is 12.3 Å². The van der Waals surface area contributed by atoms with E-state index in [1.807, 2.05) is 20.8 Å². The largest absolute Gasteiger partial charge is 0.478 e. The van der Waals surface area contributed by atoms with E-state index in [0.29, 0.717) is 17.8 Å². The third-order valence-electron chi connectivity index (χ3n) is 2.30. The molecule has 0 radical (unpaired) electrons. The summed E-state index contributed by atoms with van der Waals surface area (Å²) in [7, 11) is 0. The molecular formula is C11H16N2O3. The lowest BCUT2D eigenvalue weighted by molar-refractivity contribution is 0.0692. The second kappa shape index (κ2) is 4.92. The third kappa shape index (κ3) is 2.48. The Labute approximate surface area is 93.5 Å². The molecule has 0 fully saturated rings. The van der Waals surface area contributed by atoms with E-state index in [9.17, 15) is 9.59 Å². The highest BCUT2D eigenvalue weighted by molar-refractivity contribution is 5.90. The average molecular weight is 224 g/mol. The van der Waals surface area contributed by atoms with Gasteiger partial charge in [0.1, 0.15) is 5.56 Å². The van der Waals surface area contributed by atoms with Crippen LogP contribution in [0.4, 0.5) is 0 Å². The molecule has 0 aromatic carbocycles. The molecule has 0 aliphatic heterocycles. The Kier molecular flexibility index (Phi) is 3.82. The van der Waals surface area contributed by atoms with Crippen molar-refractivity contribution in [1.82, 2.24) is 9.97 Å². The lowest BCUT2D eigenvalue weighted by Crippen LogP contribution is -2.22. The molecule has 88 valence electrons. The number of H-pyrrole nitrogens is 1. The number of carboxylic acids is 1. The van der Waals surface area contributed by atoms with Gasteiger partial charge in [-0.1, -0.05) is 27.2 Å². The van der Waals surface area contributed by atoms with E-state index >= 15 is 0 Å². The number of aromatic amines is 1. The van der Waals surface area contributed by atoms with E-state index in [0.717, 1.165) is 6.42 Å². The number of hydrogen-bond acceptors (Lipinski definition) is 3. The summed E-state index contributed by atoms with van der Waals surface area (Å²) < 4.78 is 0. The van der Waals surface area contributed by atoms with Crippen LogP contribution >= 0.6 is 0 Å². The number of carboxylic acid groups (broad SMARTS) is 1. The van der Waals surface area contributed by atoms with Crippen LogP contribution in [0.5, 0.6) is 0 Å². The number of hydrogen-bond donors (Lipinski definition) is 2. The van der Waals surface area contributed by atoms with Gasteiger partial charge in [0.05, 0.1) is 5.69 Å². The summed E-state index contributed by atoms with van der Waals surface area (Å²) in [5.41, 5.74) is 0.506. The maximum absolute atomic E-state index is 11.3. The maximum Gasteiger partial charge on any atom is 0.345 e. The van der Waals surface area contributed by atoms with Gasteiger partial charge in [0, 0.05) is 5.69 Å². The molecule has 0 amide bonds. The molecule has 0 aliphatic carbocycles. The minimum Gasteiger partial charge on any atom is -0.478 e. The number of rotatable bonds is 4. The third-order valence-corrected chi connectivity index (χ3v) is 2.30. The first-order valence-electron chi connectivity index (χ1n) is 5.33. The molecule has 0 saturated heterocycles. The minimum atomic E-state index is -1.03. The van der Waals surface area contributed by atoms with Gasteiger partial charge in [-0.2, -0.15) is 4.98 Å². The Balaban J connectivity index is 3.47. The molecule has 0 spiro atoms. The SMILES string of the molecule is CCCc1[nH]c(=O)nc(C(C)C)c1C(=O)O. The Hall–Kier alpha value is -1.65. The number of nitrogens with zero attached hydrogens (tertiary/aromatic N) is 1. The fourth-order valence-electron chi connectivity index (χ4n) is 1.63. The molecule has 0 saturated carbocycles. The Morgan fingerprint density at radius 1 is 1.50 bits per heavy atom. The predicted octanol–water partition coefficient (Wildman–Crippen LogP) is 1.54. The summed E-state index contributed by atoms with van der Waals surface area (Å²) in [6, 6.07) is 0. The van der Waals surface area contributed by atoms with Gasteiger partial charge in [-0.25, -0.2) is 9.59 Å². The number of carbonyl (C=O) groups is 1. The van der Waals surface area contributed by atoms with E-state index < -0.39 is 11.7 Å². The summed E-state index contributed by atoms with van der Waals surface area (Å²) in [6.07, 6.45) is 1.32. The van der Waals surface area contributed by atoms with Crippen LogP contribution < -0.4 is 5.69 Å². The summed E-state index contributed by atoms with van der Waals surface area (Å²) in [6.45, 7) is 5.58. The van der Waals surface area contributed by atoms with Crippen LogP contribution in [-0.4, -0.2) is 21.0 Å². The first-order valence-corrected chi connectivity index (χ1v) is 5.33. The Morgan fingerprint density at radius 2 is 2.12 bits per heavy atom. The molecule has 0 unspecified atom stereocenters. The quantitative estimate of drug-likeness (QED) is 0.812. The molecule has 1 rings (SSSR count). The zero-order chi connectivity index (χ0) is 12.3. The summed E-state index contributed by atoms with van der Waals surface area (Å²) >= 11 is 0. The van der Waals surface area contributed by atoms with E-state index in [1.54, 1.807) is 0 Å². The number of aryl methyl sites for hydroxylation is 1. The number of aromatic nitrogens is 2. The van der Waals surface area contributed by atoms with Crippen molar-refractivity contribution in [2.75, 3.05) is 0 Å². The predicted molar refractivity (Wildman–Crippen MR) is 59.9 cm³/mol. The molecule has 0 bridgehead atoms. The zero-order valence-corrected chi connectivity index (χ0v) is 9.70. The van der Waals surface area contributed by atoms with Gasteiger partial charge in [0.15, 0.2) is 0 Å². The van der Waals surface area contributed by atoms with Crippen LogP contribution in [0.3, 0.4) is 0 Å². The standard InChI is InChI=1S/C11H16N2O3/c1-4-5-7-8(10(14)15)9(6(2)3)13-11(16)12-7/h6H,4-5H2,1-3H3,(H,14,15)(H,12,13,16). The topological polar surface area (TPSA) is 83.0 Å². The highest BCUT2D eigenvalue weighted by atomic mass is 16.4. The fraction of sp³-hybridized carbons (Fsp3) is 0.545. The van der Waals surface area contributed by atoms with Crippen LogP contribution in [0.2, 0.25) is 0 Å². The Morgan fingerprint density at radius 3 is 2.56 bits per heavy atom. The minimum absolute atomic E-state index is 0.0796. The molecule has 5 nitrogen and oxygen atoms in total. The highest BCUT2D eigenvalue weighted by Crippen LogP contribution is 2.18. The van der Waals surface area contributed by atoms with E-state index in [4.69, 9.17) is 5.11 Å². The van der Waals surface area contributed by atoms with Crippen LogP contribution in [0.25, 0.3) is 0 Å². The first kappa shape index (κ1) is 12.4. The zero-order valence-electron chi connectivity index (χ0n) is 9.70. The average Bonchev–Trinajstić information content (AvgIpc) is 2.16. The van der Waals surface area contributed by atoms with Crippen LogP contribution in [-0.2, 0) is 6.42 Å². The maximum atomic E-state index is 11.3. The van der Waals surface area contributed by atoms with Gasteiger partial charge in [-0.3, -0.25) is 0 Å². The van der Waals surface area contributed by atoms with Gasteiger partial charge >= 0.3 is 11.7 Å². The van der Waals surface area contributed by atoms with Crippen molar-refractivity contribution in [3.05, 3.63) is 27.4 Å². The smallest absolute Gasteiger partial charge is 0.345 e. The van der Waals surface area contributed by atoms with Gasteiger partial charge in [0.2, 0.25) is 0 Å². The normalized spacial score (nSPS) is 10.8. The van der Waals surface area contributed by atoms with E-state index in [-0.39, 0.29) is 11.5 Å². The first-order chi connectivity index (χ1) is 7.47. The molecule has 1 heterocycles. The monoisotopic (exact) mass is 224 g/mol. The second-order valence-electron chi connectivity index (χ2n) is 3.99. The van der Waals surface area contributed by atoms with Crippen molar-refractivity contribution in [2.45, 2.75) is 39.5 Å². The van der Waals surface area contributed by atoms with E-state index in [2.05, 4.69) is 9.97 Å². The molecule has 2 N–H and O–H groups in total. The molecule has 1 aromatic heterocycles. The molecule has 16 heavy (non-hydrogen) atoms. The molecule has 5 heteroatoms. The van der Waals surface area contributed by atoms with Crippen molar-refractivity contribution in [3.8, 4) is 0 Å². The number of nitrogens with one attached hydrogen (secondary N) is 1. The van der Waals surface area contributed by atoms with Gasteiger partial charge in [-0.15, -0.1) is 0 Å². The Bertz CT molecular complexity index is 449. The molecule has 1 aromatic rings. The lowest BCUT2D eigenvalue weighted by atomic mass is 10.0. The summed E-state index contributed by atoms with van der Waals surface area (Å²) in [4.78, 5) is 28.7. The van der Waals surface area contributed by atoms with Crippen LogP contribution in [0, 0.1) is 0 Å². The van der Waals surface area contributed by atoms with Gasteiger partial charge in [0.25, 0.3) is 0 Å². The van der Waals surface area contributed by atoms with E-state index in [1.165, 1.54) is 0 Å². The number of aromatic carboxylic acids is 1. The van der Waals surface area contributed by atoms with Crippen molar-refractivity contribution in [2.24, 2.45) is 0 Å². The van der Waals surface area contributed by atoms with Gasteiger partial charge < -0.3 is 10.1 Å². The highest BCUT2D eigenvalue weighted by Gasteiger charge is 2.20. The molecule has 0 aliphatic rings. The summed E-state index contributed by atoms with van der Waals surface area (Å²) in [5, 5.41) is 9.15. The van der Waals surface area contributed by atoms with Crippen LogP contribution in [0.15, 0.2) is 4.79 Å². The molecule has 0 atom stereocenters. The summed E-state index contributed by atoms with van der Waals surface area (Å²) in [5.74, 6) is -1.11. The molecular weight excluding hydrogens is 208 g/mol. The van der Waals surface area contributed by atoms with Crippen molar-refractivity contribution < 1.29 is 9.90 Å². The second-order valence-corrected chi connectivity index (χ2v) is 3.99. The fourth-order valence-corrected chi connectivity index (χ4v) is 1.63. The van der Waals surface area contributed by atoms with Crippen molar-refractivity contribution in [3.63, 3.8) is 0 Å². The lowest BCUT2D eigenvalue weighted by Gasteiger charge is -2.11. The van der Waals surface area contributed by atoms with Crippen LogP contribution in [0.1, 0.15) is 54.9 Å².